The van der Waals surface area contributed by atoms with Gasteiger partial charge in [-0.1, -0.05) is 35.1 Å². The summed E-state index contributed by atoms with van der Waals surface area (Å²) >= 11 is 7.48. The third kappa shape index (κ3) is 6.65. The Kier molecular flexibility index (Phi) is 9.68. The van der Waals surface area contributed by atoms with Crippen molar-refractivity contribution >= 4 is 58.0 Å². The topological polar surface area (TPSA) is 52.2 Å². The van der Waals surface area contributed by atoms with E-state index in [0.717, 1.165) is 54.8 Å². The van der Waals surface area contributed by atoms with E-state index in [-0.39, 0.29) is 24.8 Å². The van der Waals surface area contributed by atoms with Gasteiger partial charge in [-0.3, -0.25) is 5.41 Å². The molecule has 0 aliphatic carbocycles. The minimum Gasteiger partial charge on any atom is -0.387 e. The first-order valence-electron chi connectivity index (χ1n) is 10.1. The van der Waals surface area contributed by atoms with Gasteiger partial charge in [-0.25, -0.2) is 0 Å². The maximum atomic E-state index is 12.7. The average molecular weight is 543 g/mol. The van der Waals surface area contributed by atoms with Gasteiger partial charge < -0.3 is 14.6 Å². The predicted octanol–water partition coefficient (Wildman–Crippen LogP) is 6.14. The summed E-state index contributed by atoms with van der Waals surface area (Å²) in [6.07, 6.45) is -3.31. The minimum atomic E-state index is -4.37. The van der Waals surface area contributed by atoms with Gasteiger partial charge in [-0.15, -0.1) is 24.8 Å². The molecular formula is C22H25Cl3F3N3OS. The molecule has 1 saturated heterocycles. The molecule has 0 saturated carbocycles. The number of alkyl halides is 3. The van der Waals surface area contributed by atoms with Crippen LogP contribution >= 0.6 is 47.8 Å². The van der Waals surface area contributed by atoms with E-state index >= 15 is 0 Å². The van der Waals surface area contributed by atoms with Crippen molar-refractivity contribution in [1.82, 2.24) is 9.47 Å². The molecule has 2 heterocycles. The number of likely N-dealkylation sites (tertiary alicyclic amines) is 1. The van der Waals surface area contributed by atoms with Gasteiger partial charge in [0.05, 0.1) is 21.9 Å². The molecule has 1 atom stereocenters. The zero-order chi connectivity index (χ0) is 22.2. The largest absolute Gasteiger partial charge is 0.416 e. The van der Waals surface area contributed by atoms with Gasteiger partial charge in [0.1, 0.15) is 0 Å². The molecule has 33 heavy (non-hydrogen) atoms. The third-order valence-electron chi connectivity index (χ3n) is 5.87. The fourth-order valence-electron chi connectivity index (χ4n) is 4.10. The molecule has 1 aromatic heterocycles. The number of aromatic nitrogens is 1. The van der Waals surface area contributed by atoms with Crippen molar-refractivity contribution in [2.45, 2.75) is 31.7 Å². The number of benzene rings is 2. The van der Waals surface area contributed by atoms with Crippen LogP contribution in [0.15, 0.2) is 42.5 Å². The number of halogens is 6. The number of nitrogens with zero attached hydrogens (tertiary/aromatic N) is 2. The Labute approximate surface area is 211 Å². The summed E-state index contributed by atoms with van der Waals surface area (Å²) in [5.74, 6) is 0.432. The molecule has 0 bridgehead atoms. The molecule has 0 amide bonds. The molecule has 1 aliphatic rings. The summed E-state index contributed by atoms with van der Waals surface area (Å²) < 4.78 is 41.2. The normalized spacial score (nSPS) is 16.3. The summed E-state index contributed by atoms with van der Waals surface area (Å²) in [6, 6.07) is 10.4. The minimum absolute atomic E-state index is 0. The van der Waals surface area contributed by atoms with Gasteiger partial charge in [0.25, 0.3) is 0 Å². The van der Waals surface area contributed by atoms with Gasteiger partial charge in [-0.2, -0.15) is 13.2 Å². The lowest BCUT2D eigenvalue weighted by Gasteiger charge is -2.33. The number of thiazole rings is 1. The summed E-state index contributed by atoms with van der Waals surface area (Å²) in [5, 5.41) is 19.4. The number of fused-ring (bicyclic) bond motifs is 1. The van der Waals surface area contributed by atoms with E-state index in [1.807, 2.05) is 22.8 Å². The molecule has 0 spiro atoms. The number of rotatable bonds is 5. The fourth-order valence-corrected chi connectivity index (χ4v) is 5.29. The van der Waals surface area contributed by atoms with E-state index in [9.17, 15) is 18.3 Å². The highest BCUT2D eigenvalue weighted by atomic mass is 35.5. The van der Waals surface area contributed by atoms with Crippen LogP contribution in [0, 0.1) is 11.3 Å². The van der Waals surface area contributed by atoms with E-state index in [0.29, 0.717) is 27.9 Å². The van der Waals surface area contributed by atoms with Crippen LogP contribution in [-0.2, 0) is 12.7 Å². The zero-order valence-corrected chi connectivity index (χ0v) is 20.7. The Hall–Kier alpha value is -1.29. The number of hydrogen-bond acceptors (Lipinski definition) is 4. The Morgan fingerprint density at radius 2 is 1.73 bits per heavy atom. The van der Waals surface area contributed by atoms with E-state index in [1.165, 1.54) is 23.5 Å². The first kappa shape index (κ1) is 28.0. The molecular weight excluding hydrogens is 518 g/mol. The van der Waals surface area contributed by atoms with Crippen LogP contribution in [0.25, 0.3) is 10.2 Å². The van der Waals surface area contributed by atoms with Crippen LogP contribution in [0.5, 0.6) is 0 Å². The molecule has 4 nitrogen and oxygen atoms in total. The van der Waals surface area contributed by atoms with Gasteiger partial charge in [0, 0.05) is 18.1 Å². The van der Waals surface area contributed by atoms with Crippen molar-refractivity contribution in [3.63, 3.8) is 0 Å². The van der Waals surface area contributed by atoms with Crippen LogP contribution in [-0.4, -0.2) is 34.2 Å². The van der Waals surface area contributed by atoms with Crippen LogP contribution in [0.2, 0.25) is 5.02 Å². The molecule has 1 fully saturated rings. The lowest BCUT2D eigenvalue weighted by molar-refractivity contribution is -0.137. The Morgan fingerprint density at radius 1 is 1.09 bits per heavy atom. The highest BCUT2D eigenvalue weighted by Crippen LogP contribution is 2.30. The molecule has 3 aromatic rings. The van der Waals surface area contributed by atoms with Gasteiger partial charge in [-0.05, 0) is 67.7 Å². The van der Waals surface area contributed by atoms with Crippen LogP contribution < -0.4 is 4.80 Å². The van der Waals surface area contributed by atoms with Crippen LogP contribution in [0.1, 0.15) is 30.1 Å². The quantitative estimate of drug-likeness (QED) is 0.407. The first-order valence-corrected chi connectivity index (χ1v) is 11.3. The smallest absolute Gasteiger partial charge is 0.387 e. The summed E-state index contributed by atoms with van der Waals surface area (Å²) in [5.41, 5.74) is 0.811. The van der Waals surface area contributed by atoms with E-state index in [2.05, 4.69) is 4.90 Å². The second-order valence-corrected chi connectivity index (χ2v) is 9.48. The number of aliphatic hydroxyl groups excluding tert-OH is 1. The number of hydrogen-bond donors (Lipinski definition) is 2. The van der Waals surface area contributed by atoms with E-state index < -0.39 is 17.8 Å². The number of aliphatic hydroxyl groups is 1. The maximum absolute atomic E-state index is 12.7. The van der Waals surface area contributed by atoms with Crippen LogP contribution in [0.4, 0.5) is 13.2 Å². The number of nitrogens with one attached hydrogen (secondary N) is 1. The standard InChI is InChI=1S/C22H23ClF3N3OS.2ClH/c23-17-5-6-18-20(11-17)31-21(27)29(18)12-14-7-9-28(10-8-14)13-19(30)15-1-3-16(4-2-15)22(24,25)26;;/h1-6,11,14,19,27,30H,7-10,12-13H2;2*1H/t19-;;/m1../s1. The number of β-amino-alcohol motifs (C(OH)–C–C–N with tert-alkyl or cyclic N) is 1. The average Bonchev–Trinajstić information content (AvgIpc) is 3.03. The lowest BCUT2D eigenvalue weighted by atomic mass is 9.96. The first-order chi connectivity index (χ1) is 14.7. The fraction of sp³-hybridized carbons (Fsp3) is 0.409. The van der Waals surface area contributed by atoms with Crippen molar-refractivity contribution in [1.29, 1.82) is 5.41 Å². The van der Waals surface area contributed by atoms with Crippen molar-refractivity contribution in [3.8, 4) is 0 Å². The summed E-state index contributed by atoms with van der Waals surface area (Å²) in [4.78, 5) is 2.66. The monoisotopic (exact) mass is 541 g/mol. The molecule has 182 valence electrons. The molecule has 2 aromatic carbocycles. The Morgan fingerprint density at radius 3 is 2.33 bits per heavy atom. The predicted molar refractivity (Wildman–Crippen MR) is 131 cm³/mol. The van der Waals surface area contributed by atoms with Gasteiger partial charge in [0.15, 0.2) is 4.80 Å². The van der Waals surface area contributed by atoms with Crippen molar-refractivity contribution < 1.29 is 18.3 Å². The van der Waals surface area contributed by atoms with Crippen molar-refractivity contribution in [3.05, 3.63) is 63.4 Å². The maximum Gasteiger partial charge on any atom is 0.416 e. The highest BCUT2D eigenvalue weighted by Gasteiger charge is 2.30. The molecule has 2 N–H and O–H groups in total. The van der Waals surface area contributed by atoms with Crippen molar-refractivity contribution in [2.24, 2.45) is 5.92 Å². The Bertz CT molecular complexity index is 1110. The summed E-state index contributed by atoms with van der Waals surface area (Å²) in [6.45, 7) is 2.79. The molecule has 4 rings (SSSR count). The molecule has 0 unspecified atom stereocenters. The van der Waals surface area contributed by atoms with Gasteiger partial charge in [0.2, 0.25) is 0 Å². The molecule has 11 heteroatoms. The third-order valence-corrected chi connectivity index (χ3v) is 7.06. The number of piperidine rings is 1. The van der Waals surface area contributed by atoms with E-state index in [4.69, 9.17) is 17.0 Å². The van der Waals surface area contributed by atoms with Gasteiger partial charge >= 0.3 is 6.18 Å². The van der Waals surface area contributed by atoms with Crippen molar-refractivity contribution in [2.75, 3.05) is 19.6 Å². The zero-order valence-electron chi connectivity index (χ0n) is 17.5. The summed E-state index contributed by atoms with van der Waals surface area (Å²) in [7, 11) is 0. The molecule has 0 radical (unpaired) electrons. The SMILES string of the molecule is Cl.Cl.N=c1sc2cc(Cl)ccc2n1CC1CCN(C[C@@H](O)c2ccc(C(F)(F)F)cc2)CC1. The second-order valence-electron chi connectivity index (χ2n) is 8.01. The highest BCUT2D eigenvalue weighted by molar-refractivity contribution is 7.16. The lowest BCUT2D eigenvalue weighted by Crippen LogP contribution is -2.38. The van der Waals surface area contributed by atoms with Crippen LogP contribution in [0.3, 0.4) is 0 Å². The van der Waals surface area contributed by atoms with E-state index in [1.54, 1.807) is 0 Å². The molecule has 1 aliphatic heterocycles. The Balaban J connectivity index is 0.00000193. The second kappa shape index (κ2) is 11.4.